The first-order valence-electron chi connectivity index (χ1n) is 21.8. The molecule has 11 aromatic rings. The maximum Gasteiger partial charge on any atom is 0.0701 e. The third-order valence-electron chi connectivity index (χ3n) is 13.4. The van der Waals surface area contributed by atoms with Crippen LogP contribution in [-0.4, -0.2) is 29.1 Å². The van der Waals surface area contributed by atoms with Gasteiger partial charge in [-0.1, -0.05) is 66.7 Å². The molecule has 63 heavy (non-hydrogen) atoms. The summed E-state index contributed by atoms with van der Waals surface area (Å²) in [5.74, 6) is 0. The van der Waals surface area contributed by atoms with E-state index >= 15 is 0 Å². The summed E-state index contributed by atoms with van der Waals surface area (Å²) >= 11 is 0. The lowest BCUT2D eigenvalue weighted by molar-refractivity contribution is 0.898. The van der Waals surface area contributed by atoms with Gasteiger partial charge in [0.05, 0.1) is 33.6 Å². The maximum absolute atomic E-state index is 4.57. The van der Waals surface area contributed by atoms with Crippen molar-refractivity contribution in [3.8, 4) is 56.1 Å². The zero-order valence-electron chi connectivity index (χ0n) is 34.5. The molecule has 0 saturated carbocycles. The molecule has 6 aromatic heterocycles. The molecule has 0 bridgehead atoms. The van der Waals surface area contributed by atoms with Crippen LogP contribution < -0.4 is 0 Å². The predicted molar refractivity (Wildman–Crippen MR) is 257 cm³/mol. The van der Waals surface area contributed by atoms with Gasteiger partial charge in [-0.3, -0.25) is 15.0 Å². The summed E-state index contributed by atoms with van der Waals surface area (Å²) in [6.07, 6.45) is 18.0. The Hall–Kier alpha value is -8.09. The first-order valence-corrected chi connectivity index (χ1v) is 21.8. The van der Waals surface area contributed by atoms with Crippen LogP contribution in [0.25, 0.3) is 101 Å². The minimum absolute atomic E-state index is 0.966. The van der Waals surface area contributed by atoms with E-state index < -0.39 is 0 Å². The summed E-state index contributed by atoms with van der Waals surface area (Å²) in [4.78, 5) is 16.9. The third kappa shape index (κ3) is 5.83. The van der Waals surface area contributed by atoms with Gasteiger partial charge >= 0.3 is 0 Å². The molecule has 5 aromatic carbocycles. The summed E-state index contributed by atoms with van der Waals surface area (Å²) < 4.78 is 4.92. The zero-order valence-corrected chi connectivity index (χ0v) is 34.5. The van der Waals surface area contributed by atoms with Crippen molar-refractivity contribution >= 4 is 44.4 Å². The van der Waals surface area contributed by atoms with Gasteiger partial charge in [0.15, 0.2) is 0 Å². The number of nitrogens with one attached hydrogen (secondary N) is 1. The van der Waals surface area contributed by atoms with E-state index in [1.807, 2.05) is 55.2 Å². The number of aromatic amines is 1. The molecule has 2 aliphatic carbocycles. The predicted octanol–water partition coefficient (Wildman–Crippen LogP) is 13.5. The second-order valence-corrected chi connectivity index (χ2v) is 16.8. The standard InChI is InChI=1S/C57H40N6/c1-3-24-60-52(5-1)38-11-7-36(8-12-38)40-17-19-54-48(29-40)50-31-42-15-16-43-32-51-49-30-41(37-9-13-39(14-10-37)53-6-2-4-25-61-53)18-20-55(49)63(45-23-28-59-35-45)57(51)34-47(43)46(42)33-56(50)62(54)44-21-26-58-27-22-44/h1-14,17,19,21-35,59H,15-16,18,20H2. The molecular formula is C57H40N6. The lowest BCUT2D eigenvalue weighted by atomic mass is 9.83. The van der Waals surface area contributed by atoms with Gasteiger partial charge in [-0.25, -0.2) is 0 Å². The van der Waals surface area contributed by atoms with Crippen LogP contribution in [0.1, 0.15) is 34.4 Å². The fourth-order valence-electron chi connectivity index (χ4n) is 10.3. The Morgan fingerprint density at radius 3 is 1.71 bits per heavy atom. The Bertz CT molecular complexity index is 3560. The normalized spacial score (nSPS) is 13.2. The topological polar surface area (TPSA) is 64.3 Å². The van der Waals surface area contributed by atoms with Crippen LogP contribution in [0.4, 0.5) is 0 Å². The van der Waals surface area contributed by atoms with E-state index in [9.17, 15) is 0 Å². The van der Waals surface area contributed by atoms with E-state index in [4.69, 9.17) is 0 Å². The Morgan fingerprint density at radius 2 is 1.06 bits per heavy atom. The number of rotatable bonds is 6. The highest BCUT2D eigenvalue weighted by atomic mass is 15.0. The molecule has 0 fully saturated rings. The van der Waals surface area contributed by atoms with Crippen molar-refractivity contribution in [2.45, 2.75) is 25.7 Å². The fourth-order valence-corrected chi connectivity index (χ4v) is 10.3. The van der Waals surface area contributed by atoms with Crippen LogP contribution in [0.2, 0.25) is 0 Å². The van der Waals surface area contributed by atoms with Gasteiger partial charge in [0.2, 0.25) is 0 Å². The number of pyridine rings is 3. The van der Waals surface area contributed by atoms with E-state index in [0.29, 0.717) is 0 Å². The highest BCUT2D eigenvalue weighted by Gasteiger charge is 2.27. The van der Waals surface area contributed by atoms with Gasteiger partial charge in [-0.05, 0) is 155 Å². The first-order chi connectivity index (χ1) is 31.2. The van der Waals surface area contributed by atoms with Crippen LogP contribution in [0.3, 0.4) is 0 Å². The summed E-state index contributed by atoms with van der Waals surface area (Å²) in [7, 11) is 0. The molecule has 0 amide bonds. The molecule has 6 heterocycles. The second kappa shape index (κ2) is 14.3. The average molecular weight is 809 g/mol. The maximum atomic E-state index is 4.57. The number of benzene rings is 5. The van der Waals surface area contributed by atoms with E-state index in [1.54, 1.807) is 0 Å². The van der Waals surface area contributed by atoms with Crippen molar-refractivity contribution in [2.75, 3.05) is 0 Å². The minimum atomic E-state index is 0.966. The van der Waals surface area contributed by atoms with Gasteiger partial charge in [0.1, 0.15) is 0 Å². The Morgan fingerprint density at radius 1 is 0.444 bits per heavy atom. The SMILES string of the molecule is C1=C(c2ccc(-c3ccccn3)cc2)CCc2c1c1cc3c(cc1n2-c1cc[nH]c1)-c1cc2c(cc1CC3)c1cc(-c3ccc(-c4ccccn4)cc3)ccc1n2-c1ccncc1. The molecule has 13 rings (SSSR count). The number of fused-ring (bicyclic) bond motifs is 9. The minimum Gasteiger partial charge on any atom is -0.366 e. The van der Waals surface area contributed by atoms with Crippen molar-refractivity contribution < 1.29 is 0 Å². The van der Waals surface area contributed by atoms with Gasteiger partial charge in [-0.2, -0.15) is 0 Å². The van der Waals surface area contributed by atoms with Crippen LogP contribution in [0, 0.1) is 0 Å². The molecule has 2 aliphatic rings. The Labute approximate surface area is 364 Å². The lowest BCUT2D eigenvalue weighted by Crippen LogP contribution is -2.05. The van der Waals surface area contributed by atoms with Crippen molar-refractivity contribution in [3.05, 3.63) is 211 Å². The zero-order chi connectivity index (χ0) is 41.4. The van der Waals surface area contributed by atoms with Crippen molar-refractivity contribution in [2.24, 2.45) is 0 Å². The summed E-state index contributed by atoms with van der Waals surface area (Å²) in [5, 5.41) is 3.84. The largest absolute Gasteiger partial charge is 0.366 e. The fraction of sp³-hybridized carbons (Fsp3) is 0.0702. The second-order valence-electron chi connectivity index (χ2n) is 16.8. The number of allylic oxidation sites excluding steroid dienone is 1. The first kappa shape index (κ1) is 35.6. The quantitative estimate of drug-likeness (QED) is 0.182. The number of aryl methyl sites for hydroxylation is 2. The van der Waals surface area contributed by atoms with Crippen molar-refractivity contribution in [3.63, 3.8) is 0 Å². The number of H-pyrrole nitrogens is 1. The molecule has 0 atom stereocenters. The molecule has 0 unspecified atom stereocenters. The highest BCUT2D eigenvalue weighted by molar-refractivity contribution is 6.12. The molecule has 6 nitrogen and oxygen atoms in total. The van der Waals surface area contributed by atoms with E-state index in [2.05, 4.69) is 163 Å². The molecule has 298 valence electrons. The smallest absolute Gasteiger partial charge is 0.0701 e. The lowest BCUT2D eigenvalue weighted by Gasteiger charge is -2.21. The molecule has 0 radical (unpaired) electrons. The summed E-state index contributed by atoms with van der Waals surface area (Å²) in [6, 6.07) is 53.1. The van der Waals surface area contributed by atoms with E-state index in [0.717, 1.165) is 53.9 Å². The third-order valence-corrected chi connectivity index (χ3v) is 13.4. The number of hydrogen-bond acceptors (Lipinski definition) is 3. The van der Waals surface area contributed by atoms with Gasteiger partial charge in [0.25, 0.3) is 0 Å². The summed E-state index contributed by atoms with van der Waals surface area (Å²) in [5.41, 5.74) is 23.3. The molecular weight excluding hydrogens is 769 g/mol. The molecule has 1 N–H and O–H groups in total. The number of aromatic nitrogens is 6. The Balaban J connectivity index is 0.956. The van der Waals surface area contributed by atoms with Crippen molar-refractivity contribution in [1.29, 1.82) is 0 Å². The summed E-state index contributed by atoms with van der Waals surface area (Å²) in [6.45, 7) is 0. The molecule has 0 aliphatic heterocycles. The highest BCUT2D eigenvalue weighted by Crippen LogP contribution is 2.46. The van der Waals surface area contributed by atoms with E-state index in [-0.39, 0.29) is 0 Å². The van der Waals surface area contributed by atoms with Crippen molar-refractivity contribution in [1.82, 2.24) is 29.1 Å². The number of nitrogens with zero attached hydrogens (tertiary/aromatic N) is 5. The molecule has 0 spiro atoms. The van der Waals surface area contributed by atoms with Gasteiger partial charge < -0.3 is 14.1 Å². The van der Waals surface area contributed by atoms with Crippen LogP contribution in [0.5, 0.6) is 0 Å². The Kier molecular flexibility index (Phi) is 8.06. The van der Waals surface area contributed by atoms with Crippen LogP contribution in [0.15, 0.2) is 183 Å². The van der Waals surface area contributed by atoms with Crippen LogP contribution >= 0.6 is 0 Å². The van der Waals surface area contributed by atoms with Gasteiger partial charge in [-0.15, -0.1) is 0 Å². The number of hydrogen-bond donors (Lipinski definition) is 1. The molecule has 6 heteroatoms. The van der Waals surface area contributed by atoms with E-state index in [1.165, 1.54) is 94.2 Å². The average Bonchev–Trinajstić information content (AvgIpc) is 4.08. The monoisotopic (exact) mass is 808 g/mol. The van der Waals surface area contributed by atoms with Gasteiger partial charge in [0, 0.05) is 81.4 Å². The molecule has 0 saturated heterocycles. The van der Waals surface area contributed by atoms with Crippen LogP contribution in [-0.2, 0) is 19.3 Å².